The topological polar surface area (TPSA) is 33.4 Å². The largest absolute Gasteiger partial charge is 0.368 e. The molecule has 4 rings (SSSR count). The van der Waals surface area contributed by atoms with Gasteiger partial charge in [-0.3, -0.25) is 0 Å². The number of imidazole rings is 1. The summed E-state index contributed by atoms with van der Waals surface area (Å²) in [5.74, 6) is 0. The summed E-state index contributed by atoms with van der Waals surface area (Å²) >= 11 is 6.10. The first-order chi connectivity index (χ1) is 10.2. The maximum absolute atomic E-state index is 6.10. The quantitative estimate of drug-likeness (QED) is 0.727. The summed E-state index contributed by atoms with van der Waals surface area (Å²) in [6.45, 7) is 4.16. The first-order valence-electron chi connectivity index (χ1n) is 7.01. The van der Waals surface area contributed by atoms with Crippen LogP contribution >= 0.6 is 11.6 Å². The third kappa shape index (κ3) is 1.98. The zero-order chi connectivity index (χ0) is 14.4. The lowest BCUT2D eigenvalue weighted by atomic mass is 10.1. The first kappa shape index (κ1) is 12.7. The van der Waals surface area contributed by atoms with Gasteiger partial charge >= 0.3 is 0 Å². The van der Waals surface area contributed by atoms with E-state index in [4.69, 9.17) is 11.6 Å². The van der Waals surface area contributed by atoms with Crippen molar-refractivity contribution in [1.82, 2.24) is 14.6 Å². The third-order valence-electron chi connectivity index (χ3n) is 3.95. The molecule has 0 saturated carbocycles. The maximum atomic E-state index is 6.10. The molecule has 5 heteroatoms. The average molecular weight is 298 g/mol. The number of aryl methyl sites for hydroxylation is 1. The second kappa shape index (κ2) is 4.74. The molecule has 3 aromatic rings. The van der Waals surface area contributed by atoms with Crippen LogP contribution in [0.4, 0.5) is 5.69 Å². The van der Waals surface area contributed by atoms with Crippen LogP contribution in [-0.2, 0) is 0 Å². The molecule has 1 aliphatic heterocycles. The second-order valence-corrected chi connectivity index (χ2v) is 5.74. The highest BCUT2D eigenvalue weighted by Crippen LogP contribution is 2.29. The van der Waals surface area contributed by atoms with E-state index in [9.17, 15) is 0 Å². The van der Waals surface area contributed by atoms with Crippen LogP contribution in [0.5, 0.6) is 0 Å². The predicted molar refractivity (Wildman–Crippen MR) is 83.8 cm³/mol. The van der Waals surface area contributed by atoms with Crippen molar-refractivity contribution >= 4 is 22.9 Å². The van der Waals surface area contributed by atoms with Crippen molar-refractivity contribution in [2.24, 2.45) is 0 Å². The molecule has 105 valence electrons. The van der Waals surface area contributed by atoms with Crippen LogP contribution in [0.1, 0.15) is 12.0 Å². The Morgan fingerprint density at radius 1 is 1.24 bits per heavy atom. The molecule has 21 heavy (non-hydrogen) atoms. The Bertz CT molecular complexity index is 820. The molecule has 0 spiro atoms. The van der Waals surface area contributed by atoms with Gasteiger partial charge in [-0.2, -0.15) is 5.10 Å². The summed E-state index contributed by atoms with van der Waals surface area (Å²) in [7, 11) is 0. The zero-order valence-electron chi connectivity index (χ0n) is 11.7. The molecule has 1 aliphatic rings. The summed E-state index contributed by atoms with van der Waals surface area (Å²) in [5, 5.41) is 5.20. The van der Waals surface area contributed by atoms with Crippen molar-refractivity contribution in [2.75, 3.05) is 18.0 Å². The highest BCUT2D eigenvalue weighted by atomic mass is 35.5. The Balaban J connectivity index is 1.88. The third-order valence-corrected chi connectivity index (χ3v) is 4.38. The van der Waals surface area contributed by atoms with Gasteiger partial charge in [-0.15, -0.1) is 0 Å². The molecule has 1 radical (unpaired) electrons. The van der Waals surface area contributed by atoms with Crippen molar-refractivity contribution in [2.45, 2.75) is 13.3 Å². The van der Waals surface area contributed by atoms with Gasteiger partial charge in [0, 0.05) is 23.7 Å². The molecular weight excluding hydrogens is 284 g/mol. The average Bonchev–Trinajstić information content (AvgIpc) is 2.85. The minimum absolute atomic E-state index is 0.766. The number of halogens is 1. The Morgan fingerprint density at radius 3 is 2.81 bits per heavy atom. The van der Waals surface area contributed by atoms with E-state index in [-0.39, 0.29) is 0 Å². The lowest BCUT2D eigenvalue weighted by Crippen LogP contribution is -2.37. The van der Waals surface area contributed by atoms with Gasteiger partial charge in [0.05, 0.1) is 11.9 Å². The van der Waals surface area contributed by atoms with Crippen LogP contribution in [0.25, 0.3) is 16.9 Å². The van der Waals surface area contributed by atoms with Gasteiger partial charge in [0.15, 0.2) is 5.65 Å². The van der Waals surface area contributed by atoms with Crippen molar-refractivity contribution in [1.29, 1.82) is 0 Å². The molecule has 0 atom stereocenters. The number of nitrogens with zero attached hydrogens (tertiary/aromatic N) is 4. The van der Waals surface area contributed by atoms with Gasteiger partial charge < -0.3 is 4.90 Å². The molecule has 1 saturated heterocycles. The van der Waals surface area contributed by atoms with E-state index >= 15 is 0 Å². The lowest BCUT2D eigenvalue weighted by molar-refractivity contribution is 0.617. The number of anilines is 1. The SMILES string of the molecule is Cc1cc(-c2[c]nc3c(N4CCC4)ccnn23)ccc1Cl. The van der Waals surface area contributed by atoms with Gasteiger partial charge in [0.2, 0.25) is 0 Å². The first-order valence-corrected chi connectivity index (χ1v) is 7.39. The lowest BCUT2D eigenvalue weighted by Gasteiger charge is -2.32. The Morgan fingerprint density at radius 2 is 2.10 bits per heavy atom. The molecule has 0 amide bonds. The molecule has 3 heterocycles. The molecule has 4 nitrogen and oxygen atoms in total. The van der Waals surface area contributed by atoms with Crippen molar-refractivity contribution in [3.63, 3.8) is 0 Å². The van der Waals surface area contributed by atoms with Gasteiger partial charge in [-0.25, -0.2) is 9.50 Å². The highest BCUT2D eigenvalue weighted by molar-refractivity contribution is 6.31. The number of benzene rings is 1. The van der Waals surface area contributed by atoms with E-state index in [1.165, 1.54) is 6.42 Å². The summed E-state index contributed by atoms with van der Waals surface area (Å²) in [5.41, 5.74) is 4.92. The van der Waals surface area contributed by atoms with E-state index in [0.29, 0.717) is 0 Å². The van der Waals surface area contributed by atoms with Crippen molar-refractivity contribution in [3.8, 4) is 11.3 Å². The standard InChI is InChI=1S/C16H14ClN4/c1-11-9-12(3-4-13(11)17)15-10-18-16-14(20-7-2-8-20)5-6-19-21(15)16/h3-6,9H,2,7-8H2,1H3. The van der Waals surface area contributed by atoms with Crippen LogP contribution in [-0.4, -0.2) is 27.7 Å². The van der Waals surface area contributed by atoms with E-state index in [0.717, 1.165) is 46.3 Å². The number of rotatable bonds is 2. The monoisotopic (exact) mass is 297 g/mol. The smallest absolute Gasteiger partial charge is 0.178 e. The van der Waals surface area contributed by atoms with Gasteiger partial charge in [-0.05, 0) is 37.1 Å². The van der Waals surface area contributed by atoms with E-state index in [1.54, 1.807) is 0 Å². The number of aromatic nitrogens is 3. The van der Waals surface area contributed by atoms with Gasteiger partial charge in [-0.1, -0.05) is 17.7 Å². The van der Waals surface area contributed by atoms with Crippen molar-refractivity contribution in [3.05, 3.63) is 47.2 Å². The molecule has 0 N–H and O–H groups in total. The fraction of sp³-hybridized carbons (Fsp3) is 0.250. The van der Waals surface area contributed by atoms with Crippen LogP contribution in [0, 0.1) is 13.1 Å². The van der Waals surface area contributed by atoms with Crippen LogP contribution in [0.15, 0.2) is 30.5 Å². The summed E-state index contributed by atoms with van der Waals surface area (Å²) in [6.07, 6.45) is 6.16. The molecule has 0 aliphatic carbocycles. The minimum Gasteiger partial charge on any atom is -0.368 e. The number of hydrogen-bond acceptors (Lipinski definition) is 3. The Hall–Kier alpha value is -2.07. The number of hydrogen-bond donors (Lipinski definition) is 0. The molecule has 2 aromatic heterocycles. The second-order valence-electron chi connectivity index (χ2n) is 5.33. The fourth-order valence-corrected chi connectivity index (χ4v) is 2.73. The molecular formula is C16H14ClN4. The van der Waals surface area contributed by atoms with Crippen LogP contribution < -0.4 is 4.90 Å². The molecule has 1 aromatic carbocycles. The van der Waals surface area contributed by atoms with Crippen LogP contribution in [0.3, 0.4) is 0 Å². The Labute approximate surface area is 128 Å². The van der Waals surface area contributed by atoms with E-state index in [2.05, 4.69) is 21.2 Å². The fourth-order valence-electron chi connectivity index (χ4n) is 2.61. The summed E-state index contributed by atoms with van der Waals surface area (Å²) < 4.78 is 1.86. The maximum Gasteiger partial charge on any atom is 0.178 e. The van der Waals surface area contributed by atoms with Crippen molar-refractivity contribution < 1.29 is 0 Å². The predicted octanol–water partition coefficient (Wildman–Crippen LogP) is 3.37. The van der Waals surface area contributed by atoms with Crippen LogP contribution in [0.2, 0.25) is 5.02 Å². The number of fused-ring (bicyclic) bond motifs is 1. The Kier molecular flexibility index (Phi) is 2.86. The highest BCUT2D eigenvalue weighted by Gasteiger charge is 2.19. The molecule has 1 fully saturated rings. The summed E-state index contributed by atoms with van der Waals surface area (Å²) in [4.78, 5) is 6.77. The summed E-state index contributed by atoms with van der Waals surface area (Å²) in [6, 6.07) is 7.94. The van der Waals surface area contributed by atoms with Gasteiger partial charge in [0.25, 0.3) is 0 Å². The molecule has 0 bridgehead atoms. The van der Waals surface area contributed by atoms with Gasteiger partial charge in [0.1, 0.15) is 11.9 Å². The van der Waals surface area contributed by atoms with E-state index < -0.39 is 0 Å². The minimum atomic E-state index is 0.766. The molecule has 0 unspecified atom stereocenters. The van der Waals surface area contributed by atoms with E-state index in [1.807, 2.05) is 41.9 Å². The normalized spacial score (nSPS) is 14.5. The zero-order valence-corrected chi connectivity index (χ0v) is 12.4.